The van der Waals surface area contributed by atoms with E-state index in [9.17, 15) is 9.90 Å². The van der Waals surface area contributed by atoms with Crippen LogP contribution in [0, 0.1) is 5.92 Å². The van der Waals surface area contributed by atoms with Crippen molar-refractivity contribution in [3.63, 3.8) is 0 Å². The van der Waals surface area contributed by atoms with Gasteiger partial charge in [0.05, 0.1) is 6.61 Å². The summed E-state index contributed by atoms with van der Waals surface area (Å²) in [4.78, 5) is 12.1. The number of aliphatic hydroxyl groups excluding tert-OH is 1. The first-order chi connectivity index (χ1) is 11.2. The number of aliphatic hydroxyl groups is 1. The van der Waals surface area contributed by atoms with Gasteiger partial charge < -0.3 is 10.4 Å². The van der Waals surface area contributed by atoms with E-state index in [1.54, 1.807) is 0 Å². The third-order valence-corrected chi connectivity index (χ3v) is 4.07. The van der Waals surface area contributed by atoms with Crippen molar-refractivity contribution in [2.75, 3.05) is 0 Å². The number of carbonyl (C=O) groups excluding carboxylic acids is 1. The standard InChI is InChI=1S/C20H25NO2/c1-16(11-12-17-7-3-2-4-8-17)13-20(23)21-14-18-9-5-6-10-19(18)15-22/h2-10,16,22H,11-15H2,1H3,(H,21,23). The molecule has 2 aromatic rings. The molecule has 122 valence electrons. The highest BCUT2D eigenvalue weighted by Gasteiger charge is 2.10. The Morgan fingerprint density at radius 3 is 2.39 bits per heavy atom. The molecule has 0 aliphatic heterocycles. The average molecular weight is 311 g/mol. The molecule has 0 aliphatic carbocycles. The molecule has 3 nitrogen and oxygen atoms in total. The van der Waals surface area contributed by atoms with Gasteiger partial charge in [-0.25, -0.2) is 0 Å². The van der Waals surface area contributed by atoms with Crippen LogP contribution in [-0.4, -0.2) is 11.0 Å². The molecule has 0 bridgehead atoms. The van der Waals surface area contributed by atoms with E-state index >= 15 is 0 Å². The Labute approximate surface area is 138 Å². The van der Waals surface area contributed by atoms with Gasteiger partial charge in [-0.05, 0) is 35.4 Å². The third kappa shape index (κ3) is 5.87. The van der Waals surface area contributed by atoms with Crippen molar-refractivity contribution in [1.29, 1.82) is 0 Å². The highest BCUT2D eigenvalue weighted by molar-refractivity contribution is 5.76. The number of nitrogens with one attached hydrogen (secondary N) is 1. The van der Waals surface area contributed by atoms with E-state index in [-0.39, 0.29) is 12.5 Å². The highest BCUT2D eigenvalue weighted by Crippen LogP contribution is 2.13. The fraction of sp³-hybridized carbons (Fsp3) is 0.350. The molecule has 1 atom stereocenters. The number of rotatable bonds is 8. The second-order valence-corrected chi connectivity index (χ2v) is 6.04. The summed E-state index contributed by atoms with van der Waals surface area (Å²) in [5, 5.41) is 12.2. The smallest absolute Gasteiger partial charge is 0.220 e. The van der Waals surface area contributed by atoms with Gasteiger partial charge in [-0.15, -0.1) is 0 Å². The fourth-order valence-electron chi connectivity index (χ4n) is 2.63. The van der Waals surface area contributed by atoms with Crippen LogP contribution in [0.1, 0.15) is 36.5 Å². The molecule has 2 N–H and O–H groups in total. The van der Waals surface area contributed by atoms with Crippen LogP contribution in [0.15, 0.2) is 54.6 Å². The number of amides is 1. The molecular weight excluding hydrogens is 286 g/mol. The first kappa shape index (κ1) is 17.2. The largest absolute Gasteiger partial charge is 0.392 e. The van der Waals surface area contributed by atoms with E-state index in [1.807, 2.05) is 42.5 Å². The molecule has 0 radical (unpaired) electrons. The minimum Gasteiger partial charge on any atom is -0.392 e. The number of hydrogen-bond acceptors (Lipinski definition) is 2. The predicted octanol–water partition coefficient (Wildman–Crippen LogP) is 3.45. The van der Waals surface area contributed by atoms with Gasteiger partial charge in [0.2, 0.25) is 5.91 Å². The Bertz CT molecular complexity index is 610. The zero-order valence-corrected chi connectivity index (χ0v) is 13.7. The van der Waals surface area contributed by atoms with E-state index in [4.69, 9.17) is 0 Å². The lowest BCUT2D eigenvalue weighted by Crippen LogP contribution is -2.25. The molecule has 0 aliphatic rings. The van der Waals surface area contributed by atoms with Crippen molar-refractivity contribution in [2.24, 2.45) is 5.92 Å². The maximum Gasteiger partial charge on any atom is 0.220 e. The van der Waals surface area contributed by atoms with Gasteiger partial charge in [-0.1, -0.05) is 61.5 Å². The molecule has 0 saturated heterocycles. The molecule has 23 heavy (non-hydrogen) atoms. The molecule has 2 aromatic carbocycles. The van der Waals surface area contributed by atoms with Crippen LogP contribution in [0.4, 0.5) is 0 Å². The quantitative estimate of drug-likeness (QED) is 0.784. The molecule has 0 saturated carbocycles. The maximum absolute atomic E-state index is 12.1. The topological polar surface area (TPSA) is 49.3 Å². The highest BCUT2D eigenvalue weighted by atomic mass is 16.3. The van der Waals surface area contributed by atoms with Crippen LogP contribution in [-0.2, 0) is 24.4 Å². The molecule has 1 unspecified atom stereocenters. The Morgan fingerprint density at radius 2 is 1.70 bits per heavy atom. The average Bonchev–Trinajstić information content (AvgIpc) is 2.59. The minimum atomic E-state index is -0.000474. The van der Waals surface area contributed by atoms with Gasteiger partial charge in [0.15, 0.2) is 0 Å². The zero-order chi connectivity index (χ0) is 16.5. The molecule has 2 rings (SSSR count). The Hall–Kier alpha value is -2.13. The summed E-state index contributed by atoms with van der Waals surface area (Å²) in [7, 11) is 0. The molecule has 0 spiro atoms. The van der Waals surface area contributed by atoms with E-state index < -0.39 is 0 Å². The van der Waals surface area contributed by atoms with E-state index in [2.05, 4.69) is 24.4 Å². The van der Waals surface area contributed by atoms with E-state index in [1.165, 1.54) is 5.56 Å². The lowest BCUT2D eigenvalue weighted by Gasteiger charge is -2.13. The van der Waals surface area contributed by atoms with Crippen molar-refractivity contribution in [2.45, 2.75) is 39.3 Å². The maximum atomic E-state index is 12.1. The normalized spacial score (nSPS) is 11.9. The summed E-state index contributed by atoms with van der Waals surface area (Å²) in [6.07, 6.45) is 2.54. The molecule has 1 amide bonds. The molecular formula is C20H25NO2. The van der Waals surface area contributed by atoms with Crippen LogP contribution in [0.5, 0.6) is 0 Å². The molecule has 0 fully saturated rings. The lowest BCUT2D eigenvalue weighted by atomic mass is 9.98. The fourth-order valence-corrected chi connectivity index (χ4v) is 2.63. The van der Waals surface area contributed by atoms with Crippen LogP contribution >= 0.6 is 0 Å². The van der Waals surface area contributed by atoms with Crippen molar-refractivity contribution in [3.8, 4) is 0 Å². The predicted molar refractivity (Wildman–Crippen MR) is 92.8 cm³/mol. The Balaban J connectivity index is 1.73. The van der Waals surface area contributed by atoms with Gasteiger partial charge in [-0.3, -0.25) is 4.79 Å². The van der Waals surface area contributed by atoms with Crippen molar-refractivity contribution in [1.82, 2.24) is 5.32 Å². The van der Waals surface area contributed by atoms with Gasteiger partial charge in [-0.2, -0.15) is 0 Å². The summed E-state index contributed by atoms with van der Waals surface area (Å²) in [5.41, 5.74) is 3.15. The SMILES string of the molecule is CC(CCc1ccccc1)CC(=O)NCc1ccccc1CO. The number of aryl methyl sites for hydroxylation is 1. The van der Waals surface area contributed by atoms with Crippen molar-refractivity contribution >= 4 is 5.91 Å². The van der Waals surface area contributed by atoms with Crippen LogP contribution in [0.25, 0.3) is 0 Å². The van der Waals surface area contributed by atoms with E-state index in [0.29, 0.717) is 18.9 Å². The van der Waals surface area contributed by atoms with Crippen LogP contribution < -0.4 is 5.32 Å². The van der Waals surface area contributed by atoms with Gasteiger partial charge in [0.25, 0.3) is 0 Å². The number of hydrogen-bond donors (Lipinski definition) is 2. The first-order valence-corrected chi connectivity index (χ1v) is 8.17. The van der Waals surface area contributed by atoms with Gasteiger partial charge in [0.1, 0.15) is 0 Å². The Morgan fingerprint density at radius 1 is 1.04 bits per heavy atom. The first-order valence-electron chi connectivity index (χ1n) is 8.17. The summed E-state index contributed by atoms with van der Waals surface area (Å²) in [6, 6.07) is 18.0. The summed E-state index contributed by atoms with van der Waals surface area (Å²) >= 11 is 0. The monoisotopic (exact) mass is 311 g/mol. The van der Waals surface area contributed by atoms with Crippen LogP contribution in [0.2, 0.25) is 0 Å². The summed E-state index contributed by atoms with van der Waals surface area (Å²) in [6.45, 7) is 2.59. The molecule has 0 aromatic heterocycles. The van der Waals surface area contributed by atoms with Gasteiger partial charge >= 0.3 is 0 Å². The molecule has 3 heteroatoms. The second-order valence-electron chi connectivity index (χ2n) is 6.04. The van der Waals surface area contributed by atoms with Gasteiger partial charge in [0, 0.05) is 13.0 Å². The van der Waals surface area contributed by atoms with Crippen LogP contribution in [0.3, 0.4) is 0 Å². The second kappa shape index (κ2) is 9.11. The van der Waals surface area contributed by atoms with Crippen molar-refractivity contribution in [3.05, 3.63) is 71.3 Å². The summed E-state index contributed by atoms with van der Waals surface area (Å²) in [5.74, 6) is 0.418. The molecule has 0 heterocycles. The van der Waals surface area contributed by atoms with Crippen molar-refractivity contribution < 1.29 is 9.90 Å². The summed E-state index contributed by atoms with van der Waals surface area (Å²) < 4.78 is 0. The Kier molecular flexibility index (Phi) is 6.82. The third-order valence-electron chi connectivity index (χ3n) is 4.07. The lowest BCUT2D eigenvalue weighted by molar-refractivity contribution is -0.122. The number of benzene rings is 2. The minimum absolute atomic E-state index is 0.000474. The zero-order valence-electron chi connectivity index (χ0n) is 13.7. The number of carbonyl (C=O) groups is 1. The van der Waals surface area contributed by atoms with E-state index in [0.717, 1.165) is 24.0 Å².